The van der Waals surface area contributed by atoms with Gasteiger partial charge in [0, 0.05) is 37.7 Å². The molecule has 1 aromatic carbocycles. The first-order valence-electron chi connectivity index (χ1n) is 10.4. The number of fused-ring (bicyclic) bond motifs is 1. The molecule has 2 heterocycles. The second-order valence-electron chi connectivity index (χ2n) is 7.43. The fourth-order valence-corrected chi connectivity index (χ4v) is 3.70. The second-order valence-corrected chi connectivity index (χ2v) is 7.86. The van der Waals surface area contributed by atoms with Gasteiger partial charge in [0.05, 0.1) is 31.9 Å². The number of nitrogens with zero attached hydrogens (tertiary/aromatic N) is 2. The third-order valence-electron chi connectivity index (χ3n) is 5.22. The summed E-state index contributed by atoms with van der Waals surface area (Å²) >= 11 is 6.05. The van der Waals surface area contributed by atoms with E-state index in [9.17, 15) is 9.59 Å². The Labute approximate surface area is 177 Å². The van der Waals surface area contributed by atoms with E-state index < -0.39 is 0 Å². The highest BCUT2D eigenvalue weighted by atomic mass is 35.5. The number of ether oxygens (including phenoxy) is 2. The molecule has 0 unspecified atom stereocenters. The van der Waals surface area contributed by atoms with Crippen molar-refractivity contribution in [2.75, 3.05) is 59.1 Å². The molecule has 0 spiro atoms. The molecule has 0 radical (unpaired) electrons. The van der Waals surface area contributed by atoms with Gasteiger partial charge >= 0.3 is 0 Å². The minimum atomic E-state index is -0.181. The Hall–Kier alpha value is -1.83. The molecule has 2 aliphatic heterocycles. The highest BCUT2D eigenvalue weighted by Gasteiger charge is 2.19. The van der Waals surface area contributed by atoms with Crippen LogP contribution in [0, 0.1) is 0 Å². The van der Waals surface area contributed by atoms with Gasteiger partial charge in [0.1, 0.15) is 5.75 Å². The molecule has 0 atom stereocenters. The number of amides is 2. The van der Waals surface area contributed by atoms with Crippen molar-refractivity contribution in [2.24, 2.45) is 0 Å². The number of hydrogen-bond acceptors (Lipinski definition) is 5. The van der Waals surface area contributed by atoms with Crippen LogP contribution in [0.2, 0.25) is 5.02 Å². The highest BCUT2D eigenvalue weighted by molar-refractivity contribution is 6.31. The van der Waals surface area contributed by atoms with Gasteiger partial charge in [0.15, 0.2) is 0 Å². The van der Waals surface area contributed by atoms with Gasteiger partial charge < -0.3 is 19.7 Å². The number of rotatable bonds is 2. The number of benzene rings is 1. The van der Waals surface area contributed by atoms with E-state index in [1.54, 1.807) is 18.2 Å². The number of morpholine rings is 1. The minimum Gasteiger partial charge on any atom is -0.493 e. The Morgan fingerprint density at radius 2 is 1.79 bits per heavy atom. The average Bonchev–Trinajstić information content (AvgIpc) is 2.72. The van der Waals surface area contributed by atoms with Crippen molar-refractivity contribution in [1.82, 2.24) is 15.1 Å². The zero-order valence-electron chi connectivity index (χ0n) is 16.8. The smallest absolute Gasteiger partial charge is 0.255 e. The van der Waals surface area contributed by atoms with Crippen molar-refractivity contribution in [3.8, 4) is 5.75 Å². The summed E-state index contributed by atoms with van der Waals surface area (Å²) in [5.74, 6) is 0.535. The van der Waals surface area contributed by atoms with Crippen LogP contribution in [-0.4, -0.2) is 80.7 Å². The van der Waals surface area contributed by atoms with E-state index in [0.717, 1.165) is 45.3 Å². The summed E-state index contributed by atoms with van der Waals surface area (Å²) in [6, 6.07) is 5.11. The lowest BCUT2D eigenvalue weighted by Crippen LogP contribution is -2.45. The Morgan fingerprint density at radius 1 is 1.03 bits per heavy atom. The van der Waals surface area contributed by atoms with Crippen LogP contribution in [0.5, 0.6) is 5.75 Å². The van der Waals surface area contributed by atoms with Crippen LogP contribution in [0.25, 0.3) is 0 Å². The van der Waals surface area contributed by atoms with Gasteiger partial charge in [0.25, 0.3) is 5.91 Å². The summed E-state index contributed by atoms with van der Waals surface area (Å²) in [7, 11) is 0. The Balaban J connectivity index is 1.57. The molecule has 1 fully saturated rings. The van der Waals surface area contributed by atoms with Gasteiger partial charge in [-0.25, -0.2) is 0 Å². The first-order valence-corrected chi connectivity index (χ1v) is 10.8. The van der Waals surface area contributed by atoms with Crippen LogP contribution in [0.4, 0.5) is 0 Å². The third-order valence-corrected chi connectivity index (χ3v) is 5.46. The van der Waals surface area contributed by atoms with Gasteiger partial charge in [-0.3, -0.25) is 14.5 Å². The lowest BCUT2D eigenvalue weighted by molar-refractivity contribution is -0.133. The van der Waals surface area contributed by atoms with Crippen molar-refractivity contribution < 1.29 is 19.1 Å². The zero-order valence-corrected chi connectivity index (χ0v) is 17.6. The summed E-state index contributed by atoms with van der Waals surface area (Å²) in [5, 5.41) is 3.44. The van der Waals surface area contributed by atoms with Gasteiger partial charge in [0.2, 0.25) is 5.91 Å². The fraction of sp³-hybridized carbons (Fsp3) is 0.619. The van der Waals surface area contributed by atoms with Gasteiger partial charge in [-0.05, 0) is 43.9 Å². The Kier molecular flexibility index (Phi) is 8.58. The zero-order chi connectivity index (χ0) is 20.5. The van der Waals surface area contributed by atoms with E-state index in [1.807, 2.05) is 4.90 Å². The molecule has 8 heteroatoms. The monoisotopic (exact) mass is 423 g/mol. The van der Waals surface area contributed by atoms with Crippen molar-refractivity contribution in [2.45, 2.75) is 25.7 Å². The lowest BCUT2D eigenvalue weighted by atomic mass is 10.1. The molecule has 160 valence electrons. The molecule has 1 aromatic rings. The molecule has 1 saturated heterocycles. The molecule has 1 N–H and O–H groups in total. The molecular weight excluding hydrogens is 394 g/mol. The summed E-state index contributed by atoms with van der Waals surface area (Å²) < 4.78 is 11.2. The van der Waals surface area contributed by atoms with Crippen LogP contribution in [0.15, 0.2) is 18.2 Å². The van der Waals surface area contributed by atoms with Crippen LogP contribution in [0.3, 0.4) is 0 Å². The molecule has 2 aliphatic rings. The Bertz CT molecular complexity index is 695. The molecule has 29 heavy (non-hydrogen) atoms. The van der Waals surface area contributed by atoms with E-state index in [-0.39, 0.29) is 11.8 Å². The van der Waals surface area contributed by atoms with E-state index >= 15 is 0 Å². The maximum atomic E-state index is 12.8. The summed E-state index contributed by atoms with van der Waals surface area (Å²) in [5.41, 5.74) is 0.469. The normalized spacial score (nSPS) is 20.2. The first kappa shape index (κ1) is 21.9. The maximum absolute atomic E-state index is 12.8. The summed E-state index contributed by atoms with van der Waals surface area (Å²) in [6.07, 6.45) is 3.34. The second kappa shape index (κ2) is 11.4. The quantitative estimate of drug-likeness (QED) is 0.789. The molecule has 7 nitrogen and oxygen atoms in total. The molecular formula is C21H30ClN3O4. The topological polar surface area (TPSA) is 71.1 Å². The number of halogens is 1. The van der Waals surface area contributed by atoms with Crippen LogP contribution < -0.4 is 10.1 Å². The van der Waals surface area contributed by atoms with E-state index in [0.29, 0.717) is 55.8 Å². The highest BCUT2D eigenvalue weighted by Crippen LogP contribution is 2.23. The average molecular weight is 424 g/mol. The largest absolute Gasteiger partial charge is 0.493 e. The first-order chi connectivity index (χ1) is 14.1. The van der Waals surface area contributed by atoms with Crippen LogP contribution in [-0.2, 0) is 9.53 Å². The minimum absolute atomic E-state index is 0.170. The van der Waals surface area contributed by atoms with Gasteiger partial charge in [-0.15, -0.1) is 0 Å². The van der Waals surface area contributed by atoms with Gasteiger partial charge in [-0.2, -0.15) is 0 Å². The predicted molar refractivity (Wildman–Crippen MR) is 112 cm³/mol. The molecule has 0 aromatic heterocycles. The van der Waals surface area contributed by atoms with E-state index in [4.69, 9.17) is 21.1 Å². The van der Waals surface area contributed by atoms with Gasteiger partial charge in [-0.1, -0.05) is 11.6 Å². The van der Waals surface area contributed by atoms with Crippen LogP contribution >= 0.6 is 11.6 Å². The summed E-state index contributed by atoms with van der Waals surface area (Å²) in [6.45, 7) is 5.93. The molecule has 3 rings (SSSR count). The number of carbonyl (C=O) groups is 2. The molecule has 2 amide bonds. The maximum Gasteiger partial charge on any atom is 0.255 e. The molecule has 0 aliphatic carbocycles. The predicted octanol–water partition coefficient (Wildman–Crippen LogP) is 2.18. The molecule has 0 bridgehead atoms. The van der Waals surface area contributed by atoms with Crippen LogP contribution in [0.1, 0.15) is 36.0 Å². The number of carbonyl (C=O) groups excluding carboxylic acids is 2. The van der Waals surface area contributed by atoms with Crippen molar-refractivity contribution >= 4 is 23.4 Å². The van der Waals surface area contributed by atoms with E-state index in [1.165, 1.54) is 0 Å². The van der Waals surface area contributed by atoms with Crippen molar-refractivity contribution in [3.05, 3.63) is 28.8 Å². The third kappa shape index (κ3) is 6.87. The SMILES string of the molecule is O=C1NCCCCN(C(=O)CN2CCOCC2)CCCCOc2ccc(Cl)cc21. The number of nitrogens with one attached hydrogen (secondary N) is 1. The molecule has 0 saturated carbocycles. The van der Waals surface area contributed by atoms with Crippen molar-refractivity contribution in [1.29, 1.82) is 0 Å². The number of hydrogen-bond donors (Lipinski definition) is 1. The lowest BCUT2D eigenvalue weighted by Gasteiger charge is -2.30. The Morgan fingerprint density at radius 3 is 2.59 bits per heavy atom. The standard InChI is InChI=1S/C21H30ClN3O4/c22-17-5-6-19-18(15-17)21(27)23-7-1-2-8-25(9-3-4-12-29-19)20(26)16-24-10-13-28-14-11-24/h5-6,15H,1-4,7-14,16H2,(H,23,27). The van der Waals surface area contributed by atoms with Crippen molar-refractivity contribution in [3.63, 3.8) is 0 Å². The fourth-order valence-electron chi connectivity index (χ4n) is 3.53. The summed E-state index contributed by atoms with van der Waals surface area (Å²) in [4.78, 5) is 29.4. The van der Waals surface area contributed by atoms with E-state index in [2.05, 4.69) is 10.2 Å².